The summed E-state index contributed by atoms with van der Waals surface area (Å²) in [6.07, 6.45) is 7.89. The van der Waals surface area contributed by atoms with Crippen LogP contribution in [0.1, 0.15) is 51.4 Å². The number of hydrogen-bond acceptors (Lipinski definition) is 2. The van der Waals surface area contributed by atoms with Crippen molar-refractivity contribution >= 4 is 17.5 Å². The van der Waals surface area contributed by atoms with Crippen molar-refractivity contribution in [2.75, 3.05) is 5.32 Å². The zero-order valence-corrected chi connectivity index (χ0v) is 13.2. The van der Waals surface area contributed by atoms with Crippen LogP contribution in [0.25, 0.3) is 0 Å². The Bertz CT molecular complexity index is 573. The number of halogens is 1. The van der Waals surface area contributed by atoms with Gasteiger partial charge >= 0.3 is 0 Å². The zero-order chi connectivity index (χ0) is 16.3. The molecule has 0 heterocycles. The van der Waals surface area contributed by atoms with Crippen molar-refractivity contribution in [3.05, 3.63) is 30.1 Å². The van der Waals surface area contributed by atoms with Crippen molar-refractivity contribution in [3.8, 4) is 0 Å². The average Bonchev–Trinajstić information content (AvgIpc) is 3.34. The van der Waals surface area contributed by atoms with Crippen LogP contribution in [-0.2, 0) is 9.59 Å². The van der Waals surface area contributed by atoms with E-state index in [1.165, 1.54) is 37.1 Å². The molecule has 1 aromatic rings. The highest BCUT2D eigenvalue weighted by molar-refractivity contribution is 6.13. The van der Waals surface area contributed by atoms with Crippen LogP contribution in [0, 0.1) is 11.2 Å². The first-order valence-electron chi connectivity index (χ1n) is 8.48. The average molecular weight is 318 g/mol. The summed E-state index contributed by atoms with van der Waals surface area (Å²) in [7, 11) is 0. The van der Waals surface area contributed by atoms with Gasteiger partial charge in [-0.05, 0) is 49.9 Å². The maximum Gasteiger partial charge on any atom is 0.240 e. The van der Waals surface area contributed by atoms with Crippen molar-refractivity contribution in [1.29, 1.82) is 0 Å². The van der Waals surface area contributed by atoms with Gasteiger partial charge in [-0.25, -0.2) is 4.39 Å². The predicted molar refractivity (Wildman–Crippen MR) is 86.3 cm³/mol. The number of carbonyl (C=O) groups is 2. The molecule has 23 heavy (non-hydrogen) atoms. The highest BCUT2D eigenvalue weighted by atomic mass is 19.1. The number of benzene rings is 1. The molecule has 0 aliphatic heterocycles. The van der Waals surface area contributed by atoms with E-state index >= 15 is 0 Å². The van der Waals surface area contributed by atoms with Crippen LogP contribution in [0.15, 0.2) is 24.3 Å². The SMILES string of the molecule is O=C(Nc1ccc(F)cc1)C1(C(=O)NC2CCCCCC2)CC1. The molecule has 4 nitrogen and oxygen atoms in total. The first kappa shape index (κ1) is 16.0. The summed E-state index contributed by atoms with van der Waals surface area (Å²) in [5.74, 6) is -0.783. The first-order valence-corrected chi connectivity index (χ1v) is 8.48. The largest absolute Gasteiger partial charge is 0.352 e. The number of carbonyl (C=O) groups excluding carboxylic acids is 2. The van der Waals surface area contributed by atoms with E-state index in [2.05, 4.69) is 10.6 Å². The van der Waals surface area contributed by atoms with Crippen molar-refractivity contribution in [1.82, 2.24) is 5.32 Å². The lowest BCUT2D eigenvalue weighted by atomic mass is 10.0. The van der Waals surface area contributed by atoms with Gasteiger partial charge in [0.15, 0.2) is 0 Å². The Hall–Kier alpha value is -1.91. The maximum atomic E-state index is 12.9. The maximum absolute atomic E-state index is 12.9. The minimum atomic E-state index is -0.930. The lowest BCUT2D eigenvalue weighted by Crippen LogP contribution is -2.44. The molecule has 0 unspecified atom stereocenters. The van der Waals surface area contributed by atoms with Crippen molar-refractivity contribution in [3.63, 3.8) is 0 Å². The molecule has 1 aromatic carbocycles. The number of nitrogens with one attached hydrogen (secondary N) is 2. The molecule has 2 aliphatic rings. The van der Waals surface area contributed by atoms with Crippen LogP contribution in [-0.4, -0.2) is 17.9 Å². The van der Waals surface area contributed by atoms with Gasteiger partial charge in [-0.15, -0.1) is 0 Å². The molecular weight excluding hydrogens is 295 g/mol. The Morgan fingerprint density at radius 2 is 1.57 bits per heavy atom. The van der Waals surface area contributed by atoms with Crippen LogP contribution < -0.4 is 10.6 Å². The minimum Gasteiger partial charge on any atom is -0.352 e. The van der Waals surface area contributed by atoms with E-state index in [1.54, 1.807) is 0 Å². The molecule has 5 heteroatoms. The fourth-order valence-corrected chi connectivity index (χ4v) is 3.21. The zero-order valence-electron chi connectivity index (χ0n) is 13.2. The fourth-order valence-electron chi connectivity index (χ4n) is 3.21. The fraction of sp³-hybridized carbons (Fsp3) is 0.556. The smallest absolute Gasteiger partial charge is 0.240 e. The number of rotatable bonds is 4. The minimum absolute atomic E-state index is 0.149. The second-order valence-electron chi connectivity index (χ2n) is 6.71. The first-order chi connectivity index (χ1) is 11.1. The van der Waals surface area contributed by atoms with Gasteiger partial charge in [-0.2, -0.15) is 0 Å². The van der Waals surface area contributed by atoms with Gasteiger partial charge in [0.2, 0.25) is 11.8 Å². The molecule has 2 saturated carbocycles. The number of hydrogen-bond donors (Lipinski definition) is 2. The molecule has 2 amide bonds. The molecule has 0 saturated heterocycles. The Morgan fingerprint density at radius 1 is 0.957 bits per heavy atom. The predicted octanol–water partition coefficient (Wildman–Crippen LogP) is 3.38. The molecule has 3 rings (SSSR count). The summed E-state index contributed by atoms with van der Waals surface area (Å²) in [5.41, 5.74) is -0.411. The molecular formula is C18H23FN2O2. The van der Waals surface area contributed by atoms with Crippen molar-refractivity contribution < 1.29 is 14.0 Å². The molecule has 2 fully saturated rings. The summed E-state index contributed by atoms with van der Waals surface area (Å²) in [4.78, 5) is 25.0. The third-order valence-electron chi connectivity index (χ3n) is 4.91. The van der Waals surface area contributed by atoms with E-state index in [9.17, 15) is 14.0 Å². The van der Waals surface area contributed by atoms with E-state index in [-0.39, 0.29) is 23.7 Å². The molecule has 0 aromatic heterocycles. The van der Waals surface area contributed by atoms with E-state index in [0.29, 0.717) is 18.5 Å². The summed E-state index contributed by atoms with van der Waals surface area (Å²) >= 11 is 0. The quantitative estimate of drug-likeness (QED) is 0.660. The summed E-state index contributed by atoms with van der Waals surface area (Å²) in [5, 5.41) is 5.81. The summed E-state index contributed by atoms with van der Waals surface area (Å²) < 4.78 is 12.9. The van der Waals surface area contributed by atoms with E-state index in [4.69, 9.17) is 0 Å². The summed E-state index contributed by atoms with van der Waals surface area (Å²) in [6.45, 7) is 0. The summed E-state index contributed by atoms with van der Waals surface area (Å²) in [6, 6.07) is 5.79. The van der Waals surface area contributed by atoms with Crippen LogP contribution >= 0.6 is 0 Å². The number of amides is 2. The van der Waals surface area contributed by atoms with E-state index in [0.717, 1.165) is 25.7 Å². The highest BCUT2D eigenvalue weighted by Gasteiger charge is 2.56. The molecule has 0 spiro atoms. The third-order valence-corrected chi connectivity index (χ3v) is 4.91. The van der Waals surface area contributed by atoms with Gasteiger partial charge in [0.05, 0.1) is 0 Å². The topological polar surface area (TPSA) is 58.2 Å². The molecule has 2 N–H and O–H groups in total. The van der Waals surface area contributed by atoms with Crippen LogP contribution in [0.3, 0.4) is 0 Å². The van der Waals surface area contributed by atoms with Crippen molar-refractivity contribution in [2.45, 2.75) is 57.4 Å². The van der Waals surface area contributed by atoms with Gasteiger partial charge in [-0.3, -0.25) is 9.59 Å². The molecule has 0 radical (unpaired) electrons. The van der Waals surface area contributed by atoms with Crippen molar-refractivity contribution in [2.24, 2.45) is 5.41 Å². The van der Waals surface area contributed by atoms with Gasteiger partial charge < -0.3 is 10.6 Å². The second kappa shape index (κ2) is 6.69. The Labute approximate surface area is 135 Å². The molecule has 0 bridgehead atoms. The second-order valence-corrected chi connectivity index (χ2v) is 6.71. The lowest BCUT2D eigenvalue weighted by Gasteiger charge is -2.21. The standard InChI is InChI=1S/C18H23FN2O2/c19-13-7-9-15(10-8-13)21-17(23)18(11-12-18)16(22)20-14-5-3-1-2-4-6-14/h7-10,14H,1-6,11-12H2,(H,20,22)(H,21,23). The van der Waals surface area contributed by atoms with Crippen LogP contribution in [0.5, 0.6) is 0 Å². The monoisotopic (exact) mass is 318 g/mol. The normalized spacial score (nSPS) is 20.4. The third kappa shape index (κ3) is 3.71. The Balaban J connectivity index is 1.60. The van der Waals surface area contributed by atoms with Gasteiger partial charge in [0.1, 0.15) is 11.2 Å². The number of anilines is 1. The highest BCUT2D eigenvalue weighted by Crippen LogP contribution is 2.47. The lowest BCUT2D eigenvalue weighted by molar-refractivity contribution is -0.134. The molecule has 2 aliphatic carbocycles. The molecule has 0 atom stereocenters. The van der Waals surface area contributed by atoms with Crippen LogP contribution in [0.2, 0.25) is 0 Å². The van der Waals surface area contributed by atoms with Gasteiger partial charge in [0, 0.05) is 11.7 Å². The van der Waals surface area contributed by atoms with Gasteiger partial charge in [0.25, 0.3) is 0 Å². The van der Waals surface area contributed by atoms with E-state index < -0.39 is 5.41 Å². The van der Waals surface area contributed by atoms with E-state index in [1.807, 2.05) is 0 Å². The molecule has 124 valence electrons. The Morgan fingerprint density at radius 3 is 2.13 bits per heavy atom. The van der Waals surface area contributed by atoms with Crippen LogP contribution in [0.4, 0.5) is 10.1 Å². The van der Waals surface area contributed by atoms with Gasteiger partial charge in [-0.1, -0.05) is 25.7 Å². The Kier molecular flexibility index (Phi) is 4.64.